The van der Waals surface area contributed by atoms with E-state index >= 15 is 0 Å². The van der Waals surface area contributed by atoms with E-state index in [1.165, 1.54) is 50.5 Å². The number of nitrogens with zero attached hydrogens (tertiary/aromatic N) is 2. The molecule has 1 saturated carbocycles. The molecule has 2 N–H and O–H groups in total. The van der Waals surface area contributed by atoms with Gasteiger partial charge in [-0.2, -0.15) is 0 Å². The lowest BCUT2D eigenvalue weighted by Gasteiger charge is -2.27. The van der Waals surface area contributed by atoms with Gasteiger partial charge in [0.05, 0.1) is 25.0 Å². The fourth-order valence-electron chi connectivity index (χ4n) is 6.78. The third kappa shape index (κ3) is 10.1. The van der Waals surface area contributed by atoms with Crippen LogP contribution < -0.4 is 15.5 Å². The van der Waals surface area contributed by atoms with Crippen LogP contribution >= 0.6 is 0 Å². The van der Waals surface area contributed by atoms with E-state index in [-0.39, 0.29) is 23.8 Å². The number of hydrogen-bond donors (Lipinski definition) is 2. The SMILES string of the molecule is COc1ccc(CCC(=O)NN(C)C)c(CN2CCC[C@H]2C2=CCC(C)C(C(=O)NCCCCC3CCCCC3)=CO2)c1. The predicted molar refractivity (Wildman–Crippen MR) is 171 cm³/mol. The van der Waals surface area contributed by atoms with Gasteiger partial charge in [-0.15, -0.1) is 0 Å². The maximum absolute atomic E-state index is 13.1. The number of carbonyl (C=O) groups is 2. The standard InChI is InChI=1S/C35H54N4O4/c1-26-15-19-33(43-25-31(26)35(41)36-21-9-8-13-27-11-6-5-7-12-27)32-14-10-22-39(32)24-29-23-30(42-4)18-16-28(29)17-20-34(40)37-38(2)3/h16,18-19,23,25-27,32H,5-15,17,20-22,24H2,1-4H3,(H,36,41)(H,37,40)/t26?,32-/m0/s1. The maximum Gasteiger partial charge on any atom is 0.250 e. The van der Waals surface area contributed by atoms with Gasteiger partial charge in [0.25, 0.3) is 5.91 Å². The molecule has 238 valence electrons. The van der Waals surface area contributed by atoms with Gasteiger partial charge in [-0.05, 0) is 79.8 Å². The molecule has 2 fully saturated rings. The highest BCUT2D eigenvalue weighted by Gasteiger charge is 2.31. The van der Waals surface area contributed by atoms with Crippen LogP contribution in [0.1, 0.15) is 95.1 Å². The van der Waals surface area contributed by atoms with Gasteiger partial charge in [-0.25, -0.2) is 5.01 Å². The Kier molecular flexibility index (Phi) is 13.0. The van der Waals surface area contributed by atoms with Gasteiger partial charge in [-0.3, -0.25) is 19.9 Å². The molecular weight excluding hydrogens is 540 g/mol. The molecule has 1 aromatic rings. The average Bonchev–Trinajstić information content (AvgIpc) is 3.36. The summed E-state index contributed by atoms with van der Waals surface area (Å²) >= 11 is 0. The number of hydrogen-bond acceptors (Lipinski definition) is 6. The van der Waals surface area contributed by atoms with Crippen molar-refractivity contribution in [3.8, 4) is 5.75 Å². The van der Waals surface area contributed by atoms with E-state index in [9.17, 15) is 9.59 Å². The number of likely N-dealkylation sites (tertiary alicyclic amines) is 1. The molecule has 1 aliphatic carbocycles. The van der Waals surface area contributed by atoms with Crippen molar-refractivity contribution in [3.05, 3.63) is 53.0 Å². The van der Waals surface area contributed by atoms with Crippen molar-refractivity contribution in [2.75, 3.05) is 34.3 Å². The minimum absolute atomic E-state index is 0.00224. The van der Waals surface area contributed by atoms with Crippen LogP contribution in [0.4, 0.5) is 0 Å². The van der Waals surface area contributed by atoms with Crippen molar-refractivity contribution >= 4 is 11.8 Å². The molecule has 43 heavy (non-hydrogen) atoms. The number of allylic oxidation sites excluding steroid dienone is 1. The Bertz CT molecular complexity index is 1120. The Labute approximate surface area is 259 Å². The number of unbranched alkanes of at least 4 members (excludes halogenated alkanes) is 1. The van der Waals surface area contributed by atoms with Gasteiger partial charge in [0.15, 0.2) is 0 Å². The molecule has 8 nitrogen and oxygen atoms in total. The third-order valence-electron chi connectivity index (χ3n) is 9.29. The van der Waals surface area contributed by atoms with Crippen LogP contribution in [0.25, 0.3) is 0 Å². The zero-order valence-corrected chi connectivity index (χ0v) is 27.0. The summed E-state index contributed by atoms with van der Waals surface area (Å²) in [5.74, 6) is 2.76. The first-order valence-corrected chi connectivity index (χ1v) is 16.6. The second-order valence-corrected chi connectivity index (χ2v) is 12.9. The van der Waals surface area contributed by atoms with Crippen molar-refractivity contribution in [3.63, 3.8) is 0 Å². The number of rotatable bonds is 14. The van der Waals surface area contributed by atoms with E-state index < -0.39 is 0 Å². The molecule has 0 bridgehead atoms. The van der Waals surface area contributed by atoms with E-state index in [4.69, 9.17) is 9.47 Å². The number of methoxy groups -OCH3 is 1. The van der Waals surface area contributed by atoms with Crippen LogP contribution in [0.15, 0.2) is 41.9 Å². The highest BCUT2D eigenvalue weighted by Crippen LogP contribution is 2.32. The topological polar surface area (TPSA) is 83.1 Å². The molecule has 0 aromatic heterocycles. The molecule has 2 heterocycles. The lowest BCUT2D eigenvalue weighted by Crippen LogP contribution is -2.36. The number of benzene rings is 1. The Morgan fingerprint density at radius 3 is 2.65 bits per heavy atom. The highest BCUT2D eigenvalue weighted by molar-refractivity contribution is 5.93. The summed E-state index contributed by atoms with van der Waals surface area (Å²) in [6.07, 6.45) is 18.3. The summed E-state index contributed by atoms with van der Waals surface area (Å²) in [6.45, 7) is 4.56. The number of ether oxygens (including phenoxy) is 2. The van der Waals surface area contributed by atoms with E-state index in [1.807, 2.05) is 20.2 Å². The van der Waals surface area contributed by atoms with E-state index in [2.05, 4.69) is 40.8 Å². The van der Waals surface area contributed by atoms with Crippen molar-refractivity contribution in [1.82, 2.24) is 20.7 Å². The summed E-state index contributed by atoms with van der Waals surface area (Å²) in [7, 11) is 5.32. The van der Waals surface area contributed by atoms with Crippen LogP contribution in [0.5, 0.6) is 5.75 Å². The molecule has 0 radical (unpaired) electrons. The molecule has 2 amide bonds. The smallest absolute Gasteiger partial charge is 0.250 e. The largest absolute Gasteiger partial charge is 0.497 e. The van der Waals surface area contributed by atoms with E-state index in [0.717, 1.165) is 73.9 Å². The zero-order valence-electron chi connectivity index (χ0n) is 27.0. The molecule has 0 spiro atoms. The summed E-state index contributed by atoms with van der Waals surface area (Å²) in [5.41, 5.74) is 5.89. The van der Waals surface area contributed by atoms with Crippen molar-refractivity contribution in [1.29, 1.82) is 0 Å². The Morgan fingerprint density at radius 1 is 1.07 bits per heavy atom. The second-order valence-electron chi connectivity index (χ2n) is 12.9. The van der Waals surface area contributed by atoms with Crippen molar-refractivity contribution in [2.24, 2.45) is 11.8 Å². The van der Waals surface area contributed by atoms with Gasteiger partial charge < -0.3 is 14.8 Å². The average molecular weight is 595 g/mol. The lowest BCUT2D eigenvalue weighted by atomic mass is 9.86. The fraction of sp³-hybridized carbons (Fsp3) is 0.657. The summed E-state index contributed by atoms with van der Waals surface area (Å²) in [4.78, 5) is 27.8. The Morgan fingerprint density at radius 2 is 1.88 bits per heavy atom. The molecule has 1 saturated heterocycles. The van der Waals surface area contributed by atoms with E-state index in [1.54, 1.807) is 18.4 Å². The van der Waals surface area contributed by atoms with Crippen LogP contribution in [0, 0.1) is 11.8 Å². The molecule has 1 aromatic carbocycles. The van der Waals surface area contributed by atoms with Crippen LogP contribution in [0.3, 0.4) is 0 Å². The van der Waals surface area contributed by atoms with Gasteiger partial charge in [0.1, 0.15) is 11.5 Å². The first-order chi connectivity index (χ1) is 20.8. The van der Waals surface area contributed by atoms with Crippen molar-refractivity contribution in [2.45, 2.75) is 103 Å². The minimum atomic E-state index is 0.00224. The van der Waals surface area contributed by atoms with Gasteiger partial charge in [0.2, 0.25) is 5.91 Å². The number of nitrogens with one attached hydrogen (secondary N) is 2. The molecule has 1 unspecified atom stereocenters. The van der Waals surface area contributed by atoms with Crippen LogP contribution in [0.2, 0.25) is 0 Å². The summed E-state index contributed by atoms with van der Waals surface area (Å²) < 4.78 is 11.8. The first kappa shape index (κ1) is 33.1. The lowest BCUT2D eigenvalue weighted by molar-refractivity contribution is -0.124. The summed E-state index contributed by atoms with van der Waals surface area (Å²) in [6, 6.07) is 6.30. The number of aryl methyl sites for hydroxylation is 1. The third-order valence-corrected chi connectivity index (χ3v) is 9.29. The molecular formula is C35H54N4O4. The second kappa shape index (κ2) is 16.9. The summed E-state index contributed by atoms with van der Waals surface area (Å²) in [5, 5.41) is 4.83. The molecule has 8 heteroatoms. The normalized spacial score (nSPS) is 21.5. The van der Waals surface area contributed by atoms with Gasteiger partial charge in [0, 0.05) is 33.6 Å². The molecule has 2 atom stereocenters. The monoisotopic (exact) mass is 594 g/mol. The maximum atomic E-state index is 13.1. The fourth-order valence-corrected chi connectivity index (χ4v) is 6.78. The van der Waals surface area contributed by atoms with Gasteiger partial charge >= 0.3 is 0 Å². The van der Waals surface area contributed by atoms with Crippen LogP contribution in [-0.2, 0) is 27.3 Å². The molecule has 2 aliphatic heterocycles. The first-order valence-electron chi connectivity index (χ1n) is 16.6. The minimum Gasteiger partial charge on any atom is -0.497 e. The quantitative estimate of drug-likeness (QED) is 0.207. The van der Waals surface area contributed by atoms with Gasteiger partial charge in [-0.1, -0.05) is 57.9 Å². The molecule has 4 rings (SSSR count). The van der Waals surface area contributed by atoms with E-state index in [0.29, 0.717) is 12.8 Å². The van der Waals surface area contributed by atoms with Crippen molar-refractivity contribution < 1.29 is 19.1 Å². The van der Waals surface area contributed by atoms with Crippen LogP contribution in [-0.4, -0.2) is 62.1 Å². The number of amides is 2. The number of carbonyl (C=O) groups excluding carboxylic acids is 2. The highest BCUT2D eigenvalue weighted by atomic mass is 16.5. The number of hydrazine groups is 1. The Hall–Kier alpha value is -2.84. The zero-order chi connectivity index (χ0) is 30.6. The predicted octanol–water partition coefficient (Wildman–Crippen LogP) is 5.88. The Balaban J connectivity index is 1.32. The molecule has 3 aliphatic rings.